The van der Waals surface area contributed by atoms with E-state index in [9.17, 15) is 13.6 Å². The Kier molecular flexibility index (Phi) is 7.59. The normalized spacial score (nSPS) is 15.5. The summed E-state index contributed by atoms with van der Waals surface area (Å²) in [4.78, 5) is 14.7. The van der Waals surface area contributed by atoms with Crippen LogP contribution in [0.5, 0.6) is 11.5 Å². The molecule has 1 amide bonds. The van der Waals surface area contributed by atoms with Gasteiger partial charge in [-0.15, -0.1) is 0 Å². The Bertz CT molecular complexity index is 872. The third-order valence-corrected chi connectivity index (χ3v) is 5.00. The molecule has 0 bridgehead atoms. The Labute approximate surface area is 174 Å². The first kappa shape index (κ1) is 22.0. The number of rotatable bonds is 8. The van der Waals surface area contributed by atoms with Crippen molar-refractivity contribution in [2.24, 2.45) is 0 Å². The van der Waals surface area contributed by atoms with E-state index in [2.05, 4.69) is 10.2 Å². The van der Waals surface area contributed by atoms with Gasteiger partial charge in [0.25, 0.3) is 5.91 Å². The minimum atomic E-state index is -1.05. The second-order valence-electron chi connectivity index (χ2n) is 6.85. The van der Waals surface area contributed by atoms with Gasteiger partial charge in [0, 0.05) is 25.2 Å². The van der Waals surface area contributed by atoms with Gasteiger partial charge in [0.05, 0.1) is 33.0 Å². The van der Waals surface area contributed by atoms with Gasteiger partial charge in [-0.2, -0.15) is 0 Å². The first-order valence-electron chi connectivity index (χ1n) is 9.89. The summed E-state index contributed by atoms with van der Waals surface area (Å²) in [5.41, 5.74) is 1.02. The van der Waals surface area contributed by atoms with Crippen LogP contribution in [0.3, 0.4) is 0 Å². The topological polar surface area (TPSA) is 60.0 Å². The molecule has 0 saturated carbocycles. The quantitative estimate of drug-likeness (QED) is 0.711. The fourth-order valence-electron chi connectivity index (χ4n) is 3.44. The van der Waals surface area contributed by atoms with Crippen molar-refractivity contribution < 1.29 is 27.8 Å². The van der Waals surface area contributed by atoms with E-state index < -0.39 is 17.5 Å². The van der Waals surface area contributed by atoms with Gasteiger partial charge in [0.15, 0.2) is 23.1 Å². The summed E-state index contributed by atoms with van der Waals surface area (Å²) in [5.74, 6) is -1.25. The Balaban J connectivity index is 1.80. The summed E-state index contributed by atoms with van der Waals surface area (Å²) in [6.07, 6.45) is 0. The lowest BCUT2D eigenvalue weighted by molar-refractivity contribution is 0.0162. The average Bonchev–Trinajstić information content (AvgIpc) is 2.77. The van der Waals surface area contributed by atoms with Crippen molar-refractivity contribution in [3.63, 3.8) is 0 Å². The van der Waals surface area contributed by atoms with Crippen LogP contribution in [0.2, 0.25) is 0 Å². The van der Waals surface area contributed by atoms with Gasteiger partial charge < -0.3 is 19.5 Å². The number of benzene rings is 2. The molecule has 162 valence electrons. The number of hydrogen-bond acceptors (Lipinski definition) is 5. The van der Waals surface area contributed by atoms with E-state index in [4.69, 9.17) is 14.2 Å². The molecule has 30 heavy (non-hydrogen) atoms. The van der Waals surface area contributed by atoms with E-state index >= 15 is 0 Å². The minimum absolute atomic E-state index is 0.0684. The Morgan fingerprint density at radius 3 is 2.57 bits per heavy atom. The molecule has 0 radical (unpaired) electrons. The molecule has 2 aromatic rings. The molecule has 1 aliphatic rings. The predicted molar refractivity (Wildman–Crippen MR) is 108 cm³/mol. The number of ether oxygens (including phenoxy) is 3. The van der Waals surface area contributed by atoms with Crippen molar-refractivity contribution in [1.82, 2.24) is 10.2 Å². The third kappa shape index (κ3) is 5.25. The van der Waals surface area contributed by atoms with Gasteiger partial charge in [-0.1, -0.05) is 6.07 Å². The van der Waals surface area contributed by atoms with Crippen LogP contribution in [-0.2, 0) is 4.74 Å². The fraction of sp³-hybridized carbons (Fsp3) is 0.409. The monoisotopic (exact) mass is 420 g/mol. The number of nitrogens with one attached hydrogen (secondary N) is 1. The fourth-order valence-corrected chi connectivity index (χ4v) is 3.44. The molecule has 1 fully saturated rings. The van der Waals surface area contributed by atoms with E-state index in [-0.39, 0.29) is 18.2 Å². The van der Waals surface area contributed by atoms with Crippen molar-refractivity contribution in [3.05, 3.63) is 59.2 Å². The second-order valence-corrected chi connectivity index (χ2v) is 6.85. The maximum absolute atomic E-state index is 13.5. The molecule has 1 N–H and O–H groups in total. The molecule has 1 saturated heterocycles. The molecular formula is C22H26F2N2O4. The van der Waals surface area contributed by atoms with Gasteiger partial charge in [0.2, 0.25) is 0 Å². The molecule has 1 unspecified atom stereocenters. The summed E-state index contributed by atoms with van der Waals surface area (Å²) in [7, 11) is 1.58. The Morgan fingerprint density at radius 1 is 1.13 bits per heavy atom. The van der Waals surface area contributed by atoms with E-state index in [0.717, 1.165) is 17.7 Å². The predicted octanol–water partition coefficient (Wildman–Crippen LogP) is 3.18. The zero-order chi connectivity index (χ0) is 21.5. The smallest absolute Gasteiger partial charge is 0.251 e. The molecule has 8 heteroatoms. The first-order chi connectivity index (χ1) is 14.5. The van der Waals surface area contributed by atoms with Crippen LogP contribution < -0.4 is 14.8 Å². The van der Waals surface area contributed by atoms with Crippen LogP contribution in [-0.4, -0.2) is 57.4 Å². The molecule has 1 aliphatic heterocycles. The van der Waals surface area contributed by atoms with Crippen LogP contribution in [0, 0.1) is 11.6 Å². The lowest BCUT2D eigenvalue weighted by atomic mass is 10.0. The maximum Gasteiger partial charge on any atom is 0.251 e. The van der Waals surface area contributed by atoms with Crippen LogP contribution in [0.15, 0.2) is 36.4 Å². The zero-order valence-electron chi connectivity index (χ0n) is 17.1. The standard InChI is InChI=1S/C22H26F2N2O4/c1-3-30-20-7-5-15(13-21(20)28-2)19(26-8-10-29-11-9-26)14-25-22(27)16-4-6-17(23)18(24)12-16/h4-7,12-13,19H,3,8-11,14H2,1-2H3,(H,25,27). The summed E-state index contributed by atoms with van der Waals surface area (Å²) in [6.45, 7) is 5.33. The Hall–Kier alpha value is -2.71. The van der Waals surface area contributed by atoms with Gasteiger partial charge >= 0.3 is 0 Å². The SMILES string of the molecule is CCOc1ccc(C(CNC(=O)c2ccc(F)c(F)c2)N2CCOCC2)cc1OC. The van der Waals surface area contributed by atoms with Crippen LogP contribution in [0.4, 0.5) is 8.78 Å². The number of morpholine rings is 1. The largest absolute Gasteiger partial charge is 0.493 e. The lowest BCUT2D eigenvalue weighted by Gasteiger charge is -2.35. The number of amides is 1. The molecule has 3 rings (SSSR count). The van der Waals surface area contributed by atoms with Gasteiger partial charge in [-0.3, -0.25) is 9.69 Å². The van der Waals surface area contributed by atoms with Crippen LogP contribution in [0.25, 0.3) is 0 Å². The molecule has 1 heterocycles. The molecule has 1 atom stereocenters. The van der Waals surface area contributed by atoms with E-state index in [1.165, 1.54) is 6.07 Å². The highest BCUT2D eigenvalue weighted by Gasteiger charge is 2.25. The Morgan fingerprint density at radius 2 is 1.90 bits per heavy atom. The number of methoxy groups -OCH3 is 1. The molecular weight excluding hydrogens is 394 g/mol. The number of carbonyl (C=O) groups excluding carboxylic acids is 1. The van der Waals surface area contributed by atoms with Gasteiger partial charge in [-0.05, 0) is 42.8 Å². The van der Waals surface area contributed by atoms with Crippen molar-refractivity contribution in [3.8, 4) is 11.5 Å². The second kappa shape index (κ2) is 10.4. The maximum atomic E-state index is 13.5. The van der Waals surface area contributed by atoms with Crippen LogP contribution >= 0.6 is 0 Å². The van der Waals surface area contributed by atoms with E-state index in [1.807, 2.05) is 25.1 Å². The van der Waals surface area contributed by atoms with Gasteiger partial charge in [-0.25, -0.2) is 8.78 Å². The van der Waals surface area contributed by atoms with Crippen molar-refractivity contribution in [2.45, 2.75) is 13.0 Å². The van der Waals surface area contributed by atoms with E-state index in [1.54, 1.807) is 7.11 Å². The van der Waals surface area contributed by atoms with Crippen molar-refractivity contribution in [2.75, 3.05) is 46.6 Å². The highest BCUT2D eigenvalue weighted by atomic mass is 19.2. The lowest BCUT2D eigenvalue weighted by Crippen LogP contribution is -2.43. The van der Waals surface area contributed by atoms with Crippen molar-refractivity contribution >= 4 is 5.91 Å². The highest BCUT2D eigenvalue weighted by Crippen LogP contribution is 2.32. The number of carbonyl (C=O) groups is 1. The molecule has 0 spiro atoms. The summed E-state index contributed by atoms with van der Waals surface area (Å²) in [6, 6.07) is 8.65. The molecule has 6 nitrogen and oxygen atoms in total. The minimum Gasteiger partial charge on any atom is -0.493 e. The number of halogens is 2. The summed E-state index contributed by atoms with van der Waals surface area (Å²) in [5, 5.41) is 2.84. The molecule has 2 aromatic carbocycles. The highest BCUT2D eigenvalue weighted by molar-refractivity contribution is 5.94. The number of hydrogen-bond donors (Lipinski definition) is 1. The van der Waals surface area contributed by atoms with Gasteiger partial charge in [0.1, 0.15) is 0 Å². The summed E-state index contributed by atoms with van der Waals surface area (Å²) < 4.78 is 43.1. The molecule has 0 aliphatic carbocycles. The van der Waals surface area contributed by atoms with E-state index in [0.29, 0.717) is 44.4 Å². The number of nitrogens with zero attached hydrogens (tertiary/aromatic N) is 1. The molecule has 0 aromatic heterocycles. The first-order valence-corrected chi connectivity index (χ1v) is 9.89. The van der Waals surface area contributed by atoms with Crippen molar-refractivity contribution in [1.29, 1.82) is 0 Å². The average molecular weight is 420 g/mol. The van der Waals surface area contributed by atoms with Crippen LogP contribution in [0.1, 0.15) is 28.9 Å². The zero-order valence-corrected chi connectivity index (χ0v) is 17.1. The third-order valence-electron chi connectivity index (χ3n) is 5.00. The summed E-state index contributed by atoms with van der Waals surface area (Å²) >= 11 is 0.